The lowest BCUT2D eigenvalue weighted by Gasteiger charge is -2.51. The van der Waals surface area contributed by atoms with Gasteiger partial charge >= 0.3 is 0 Å². The summed E-state index contributed by atoms with van der Waals surface area (Å²) in [4.78, 5) is 0. The van der Waals surface area contributed by atoms with Gasteiger partial charge in [0.05, 0.1) is 4.47 Å². The Bertz CT molecular complexity index is 405. The highest BCUT2D eigenvalue weighted by atomic mass is 79.9. The van der Waals surface area contributed by atoms with Crippen molar-refractivity contribution in [2.75, 3.05) is 6.54 Å². The van der Waals surface area contributed by atoms with E-state index in [2.05, 4.69) is 42.0 Å². The number of rotatable bonds is 5. The molecule has 2 rings (SSSR count). The Kier molecular flexibility index (Phi) is 4.33. The Morgan fingerprint density at radius 2 is 2.11 bits per heavy atom. The molecule has 0 aromatic heterocycles. The Balaban J connectivity index is 1.95. The van der Waals surface area contributed by atoms with Crippen LogP contribution in [0, 0.1) is 5.41 Å². The van der Waals surface area contributed by atoms with Crippen LogP contribution in [0.15, 0.2) is 28.7 Å². The molecule has 2 atom stereocenters. The molecule has 0 aliphatic heterocycles. The minimum absolute atomic E-state index is 0.199. The van der Waals surface area contributed by atoms with E-state index in [-0.39, 0.29) is 5.41 Å². The third-order valence-electron chi connectivity index (χ3n) is 3.92. The zero-order valence-electron chi connectivity index (χ0n) is 11.4. The van der Waals surface area contributed by atoms with E-state index in [4.69, 9.17) is 4.74 Å². The predicted octanol–water partition coefficient (Wildman–Crippen LogP) is 3.99. The molecule has 2 unspecified atom stereocenters. The SMILES string of the molecule is CCCNC1CC(Oc2ccccc2Br)C1(C)C. The van der Waals surface area contributed by atoms with E-state index < -0.39 is 0 Å². The zero-order valence-corrected chi connectivity index (χ0v) is 13.0. The number of para-hydroxylation sites is 1. The van der Waals surface area contributed by atoms with Crippen LogP contribution in [0.5, 0.6) is 5.75 Å². The van der Waals surface area contributed by atoms with Gasteiger partial charge in [-0.15, -0.1) is 0 Å². The van der Waals surface area contributed by atoms with Crippen molar-refractivity contribution in [3.63, 3.8) is 0 Å². The van der Waals surface area contributed by atoms with Gasteiger partial charge < -0.3 is 10.1 Å². The topological polar surface area (TPSA) is 21.3 Å². The zero-order chi connectivity index (χ0) is 13.2. The second kappa shape index (κ2) is 5.62. The summed E-state index contributed by atoms with van der Waals surface area (Å²) in [6.07, 6.45) is 2.57. The van der Waals surface area contributed by atoms with Gasteiger partial charge in [0.25, 0.3) is 0 Å². The molecular weight excluding hydrogens is 290 g/mol. The standard InChI is InChI=1S/C15H22BrNO/c1-4-9-17-13-10-14(15(13,2)3)18-12-8-6-5-7-11(12)16/h5-8,13-14,17H,4,9-10H2,1-3H3. The van der Waals surface area contributed by atoms with Gasteiger partial charge in [-0.2, -0.15) is 0 Å². The maximum atomic E-state index is 6.12. The Morgan fingerprint density at radius 3 is 2.72 bits per heavy atom. The van der Waals surface area contributed by atoms with Gasteiger partial charge in [-0.1, -0.05) is 32.9 Å². The summed E-state index contributed by atoms with van der Waals surface area (Å²) >= 11 is 3.53. The molecule has 0 spiro atoms. The first-order chi connectivity index (χ1) is 8.55. The monoisotopic (exact) mass is 311 g/mol. The largest absolute Gasteiger partial charge is 0.489 e. The summed E-state index contributed by atoms with van der Waals surface area (Å²) in [5, 5.41) is 3.60. The first kappa shape index (κ1) is 13.9. The van der Waals surface area contributed by atoms with Crippen molar-refractivity contribution < 1.29 is 4.74 Å². The first-order valence-electron chi connectivity index (χ1n) is 6.70. The van der Waals surface area contributed by atoms with Crippen molar-refractivity contribution >= 4 is 15.9 Å². The summed E-state index contributed by atoms with van der Waals surface area (Å²) in [6.45, 7) is 7.86. The van der Waals surface area contributed by atoms with Gasteiger partial charge in [0.15, 0.2) is 0 Å². The lowest BCUT2D eigenvalue weighted by Crippen LogP contribution is -2.62. The highest BCUT2D eigenvalue weighted by Crippen LogP contribution is 2.44. The van der Waals surface area contributed by atoms with Crippen LogP contribution in [0.25, 0.3) is 0 Å². The molecule has 1 saturated carbocycles. The van der Waals surface area contributed by atoms with Crippen molar-refractivity contribution in [3.05, 3.63) is 28.7 Å². The number of benzene rings is 1. The van der Waals surface area contributed by atoms with E-state index in [0.717, 1.165) is 23.2 Å². The van der Waals surface area contributed by atoms with E-state index in [1.165, 1.54) is 6.42 Å². The fourth-order valence-corrected chi connectivity index (χ4v) is 2.82. The summed E-state index contributed by atoms with van der Waals surface area (Å²) < 4.78 is 7.15. The van der Waals surface area contributed by atoms with Gasteiger partial charge in [-0.25, -0.2) is 0 Å². The average molecular weight is 312 g/mol. The smallest absolute Gasteiger partial charge is 0.133 e. The maximum absolute atomic E-state index is 6.12. The predicted molar refractivity (Wildman–Crippen MR) is 79.0 cm³/mol. The molecule has 1 aromatic carbocycles. The molecule has 1 aliphatic carbocycles. The van der Waals surface area contributed by atoms with Gasteiger partial charge in [-0.05, 0) is 41.0 Å². The van der Waals surface area contributed by atoms with E-state index in [9.17, 15) is 0 Å². The summed E-state index contributed by atoms with van der Waals surface area (Å²) in [5.41, 5.74) is 0.199. The molecule has 0 saturated heterocycles. The van der Waals surface area contributed by atoms with Gasteiger partial charge in [0.2, 0.25) is 0 Å². The third kappa shape index (κ3) is 2.72. The summed E-state index contributed by atoms with van der Waals surface area (Å²) in [6, 6.07) is 8.64. The van der Waals surface area contributed by atoms with Crippen LogP contribution in [0.1, 0.15) is 33.6 Å². The molecule has 3 heteroatoms. The molecule has 100 valence electrons. The van der Waals surface area contributed by atoms with Crippen molar-refractivity contribution in [3.8, 4) is 5.75 Å². The van der Waals surface area contributed by atoms with E-state index in [0.29, 0.717) is 12.1 Å². The van der Waals surface area contributed by atoms with Crippen molar-refractivity contribution in [2.24, 2.45) is 5.41 Å². The lowest BCUT2D eigenvalue weighted by atomic mass is 9.64. The Hall–Kier alpha value is -0.540. The third-order valence-corrected chi connectivity index (χ3v) is 4.58. The summed E-state index contributed by atoms with van der Waals surface area (Å²) in [7, 11) is 0. The molecule has 18 heavy (non-hydrogen) atoms. The molecule has 0 radical (unpaired) electrons. The fourth-order valence-electron chi connectivity index (χ4n) is 2.44. The van der Waals surface area contributed by atoms with Crippen LogP contribution in [0.4, 0.5) is 0 Å². The van der Waals surface area contributed by atoms with Gasteiger partial charge in [0.1, 0.15) is 11.9 Å². The van der Waals surface area contributed by atoms with Crippen molar-refractivity contribution in [2.45, 2.75) is 45.8 Å². The maximum Gasteiger partial charge on any atom is 0.133 e. The molecule has 1 fully saturated rings. The molecule has 0 bridgehead atoms. The normalized spacial score (nSPS) is 25.6. The van der Waals surface area contributed by atoms with E-state index >= 15 is 0 Å². The van der Waals surface area contributed by atoms with Crippen LogP contribution < -0.4 is 10.1 Å². The number of nitrogens with one attached hydrogen (secondary N) is 1. The highest BCUT2D eigenvalue weighted by molar-refractivity contribution is 9.10. The van der Waals surface area contributed by atoms with E-state index in [1.807, 2.05) is 24.3 Å². The van der Waals surface area contributed by atoms with Crippen LogP contribution >= 0.6 is 15.9 Å². The molecular formula is C15H22BrNO. The van der Waals surface area contributed by atoms with Crippen LogP contribution in [-0.4, -0.2) is 18.7 Å². The number of hydrogen-bond acceptors (Lipinski definition) is 2. The quantitative estimate of drug-likeness (QED) is 0.887. The van der Waals surface area contributed by atoms with Crippen LogP contribution in [0.2, 0.25) is 0 Å². The minimum Gasteiger partial charge on any atom is -0.489 e. The van der Waals surface area contributed by atoms with Crippen LogP contribution in [-0.2, 0) is 0 Å². The molecule has 0 amide bonds. The van der Waals surface area contributed by atoms with Crippen molar-refractivity contribution in [1.29, 1.82) is 0 Å². The Morgan fingerprint density at radius 1 is 1.39 bits per heavy atom. The molecule has 0 heterocycles. The summed E-state index contributed by atoms with van der Waals surface area (Å²) in [5.74, 6) is 0.949. The lowest BCUT2D eigenvalue weighted by molar-refractivity contribution is -0.0549. The molecule has 1 aliphatic rings. The fraction of sp³-hybridized carbons (Fsp3) is 0.600. The number of hydrogen-bond donors (Lipinski definition) is 1. The van der Waals surface area contributed by atoms with E-state index in [1.54, 1.807) is 0 Å². The molecule has 1 N–H and O–H groups in total. The van der Waals surface area contributed by atoms with Crippen LogP contribution in [0.3, 0.4) is 0 Å². The van der Waals surface area contributed by atoms with Crippen molar-refractivity contribution in [1.82, 2.24) is 5.32 Å². The molecule has 1 aromatic rings. The van der Waals surface area contributed by atoms with Gasteiger partial charge in [0, 0.05) is 17.9 Å². The second-order valence-corrected chi connectivity index (χ2v) is 6.46. The van der Waals surface area contributed by atoms with Gasteiger partial charge in [-0.3, -0.25) is 0 Å². The number of ether oxygens (including phenoxy) is 1. The second-order valence-electron chi connectivity index (χ2n) is 5.60. The average Bonchev–Trinajstić information content (AvgIpc) is 2.35. The Labute approximate surface area is 118 Å². The number of halogens is 1. The molecule has 2 nitrogen and oxygen atoms in total. The minimum atomic E-state index is 0.199. The first-order valence-corrected chi connectivity index (χ1v) is 7.49. The highest BCUT2D eigenvalue weighted by Gasteiger charge is 2.49.